The number of amidine groups is 1. The lowest BCUT2D eigenvalue weighted by Crippen LogP contribution is -2.47. The number of rotatable bonds is 3. The van der Waals surface area contributed by atoms with Gasteiger partial charge in [0, 0.05) is 19.5 Å². The molecule has 21 heavy (non-hydrogen) atoms. The Kier molecular flexibility index (Phi) is 4.88. The molecule has 1 aromatic heterocycles. The van der Waals surface area contributed by atoms with Crippen molar-refractivity contribution in [3.05, 3.63) is 24.2 Å². The molecule has 0 spiro atoms. The number of amides is 1. The molecule has 1 aliphatic rings. The van der Waals surface area contributed by atoms with E-state index in [0.717, 1.165) is 24.6 Å². The lowest BCUT2D eigenvalue weighted by Gasteiger charge is -2.29. The van der Waals surface area contributed by atoms with Crippen LogP contribution in [0.15, 0.2) is 27.8 Å². The number of ether oxygens (including phenoxy) is 1. The molecule has 0 atom stereocenters. The van der Waals surface area contributed by atoms with Gasteiger partial charge in [-0.3, -0.25) is 9.89 Å². The minimum atomic E-state index is -0.474. The van der Waals surface area contributed by atoms with Crippen LogP contribution in [0.3, 0.4) is 0 Å². The first-order valence-electron chi connectivity index (χ1n) is 7.21. The fourth-order valence-corrected chi connectivity index (χ4v) is 1.99. The van der Waals surface area contributed by atoms with Gasteiger partial charge in [0.2, 0.25) is 0 Å². The number of hydrogen-bond acceptors (Lipinski definition) is 5. The molecule has 0 aromatic carbocycles. The average Bonchev–Trinajstić information content (AvgIpc) is 2.90. The first-order valence-corrected chi connectivity index (χ1v) is 7.21. The van der Waals surface area contributed by atoms with E-state index in [1.165, 1.54) is 0 Å². The van der Waals surface area contributed by atoms with Gasteiger partial charge in [0.1, 0.15) is 17.2 Å². The second-order valence-electron chi connectivity index (χ2n) is 5.99. The Morgan fingerprint density at radius 1 is 1.52 bits per heavy atom. The summed E-state index contributed by atoms with van der Waals surface area (Å²) in [5.74, 6) is 1.75. The predicted octanol–water partition coefficient (Wildman–Crippen LogP) is 2.06. The van der Waals surface area contributed by atoms with E-state index in [-0.39, 0.29) is 6.09 Å². The first-order chi connectivity index (χ1) is 9.94. The van der Waals surface area contributed by atoms with E-state index < -0.39 is 5.60 Å². The molecule has 0 radical (unpaired) electrons. The third-order valence-electron chi connectivity index (χ3n) is 2.95. The highest BCUT2D eigenvalue weighted by molar-refractivity contribution is 5.87. The summed E-state index contributed by atoms with van der Waals surface area (Å²) < 4.78 is 10.7. The van der Waals surface area contributed by atoms with Gasteiger partial charge in [-0.05, 0) is 32.9 Å². The number of nitrogens with zero attached hydrogens (tertiary/aromatic N) is 2. The van der Waals surface area contributed by atoms with Crippen LogP contribution >= 0.6 is 0 Å². The van der Waals surface area contributed by atoms with Crippen molar-refractivity contribution < 1.29 is 13.9 Å². The van der Waals surface area contributed by atoms with Crippen molar-refractivity contribution in [3.63, 3.8) is 0 Å². The molecule has 2 heterocycles. The van der Waals surface area contributed by atoms with E-state index in [2.05, 4.69) is 10.3 Å². The molecule has 1 aliphatic heterocycles. The molecule has 6 nitrogen and oxygen atoms in total. The lowest BCUT2D eigenvalue weighted by atomic mass is 10.2. The van der Waals surface area contributed by atoms with Crippen LogP contribution in [0.5, 0.6) is 0 Å². The highest BCUT2D eigenvalue weighted by Gasteiger charge is 2.24. The van der Waals surface area contributed by atoms with Crippen molar-refractivity contribution in [3.8, 4) is 0 Å². The smallest absolute Gasteiger partial charge is 0.410 e. The Bertz CT molecular complexity index is 489. The topological polar surface area (TPSA) is 67.1 Å². The molecule has 1 N–H and O–H groups in total. The predicted molar refractivity (Wildman–Crippen MR) is 80.5 cm³/mol. The number of aliphatic imine (C=N–C) groups is 1. The monoisotopic (exact) mass is 293 g/mol. The summed E-state index contributed by atoms with van der Waals surface area (Å²) in [6.07, 6.45) is 2.17. The molecular weight excluding hydrogens is 270 g/mol. The van der Waals surface area contributed by atoms with Gasteiger partial charge in [-0.1, -0.05) is 0 Å². The van der Waals surface area contributed by atoms with Gasteiger partial charge in [0.05, 0.1) is 19.4 Å². The van der Waals surface area contributed by atoms with Crippen LogP contribution in [0.25, 0.3) is 0 Å². The summed E-state index contributed by atoms with van der Waals surface area (Å²) in [6.45, 7) is 7.99. The van der Waals surface area contributed by atoms with Crippen molar-refractivity contribution >= 4 is 11.9 Å². The van der Waals surface area contributed by atoms with E-state index in [4.69, 9.17) is 9.15 Å². The van der Waals surface area contributed by atoms with E-state index >= 15 is 0 Å². The zero-order chi connectivity index (χ0) is 15.3. The van der Waals surface area contributed by atoms with Gasteiger partial charge >= 0.3 is 6.09 Å². The van der Waals surface area contributed by atoms with Crippen molar-refractivity contribution in [2.24, 2.45) is 4.99 Å². The summed E-state index contributed by atoms with van der Waals surface area (Å²) in [7, 11) is 0. The number of carbonyl (C=O) groups excluding carboxylic acids is 1. The lowest BCUT2D eigenvalue weighted by molar-refractivity contribution is 0.0276. The summed E-state index contributed by atoms with van der Waals surface area (Å²) in [4.78, 5) is 18.1. The van der Waals surface area contributed by atoms with Crippen molar-refractivity contribution in [2.75, 3.05) is 26.2 Å². The zero-order valence-corrected chi connectivity index (χ0v) is 12.9. The van der Waals surface area contributed by atoms with E-state index in [9.17, 15) is 4.79 Å². The second kappa shape index (κ2) is 6.65. The summed E-state index contributed by atoms with van der Waals surface area (Å²) in [5, 5.41) is 3.25. The number of furan rings is 1. The van der Waals surface area contributed by atoms with E-state index in [0.29, 0.717) is 19.6 Å². The molecule has 0 fully saturated rings. The number of nitrogens with one attached hydrogen (secondary N) is 1. The molecule has 0 saturated carbocycles. The minimum absolute atomic E-state index is 0.289. The highest BCUT2D eigenvalue weighted by Crippen LogP contribution is 2.11. The third kappa shape index (κ3) is 5.13. The van der Waals surface area contributed by atoms with Crippen LogP contribution in [0, 0.1) is 0 Å². The summed E-state index contributed by atoms with van der Waals surface area (Å²) >= 11 is 0. The largest absolute Gasteiger partial charge is 0.469 e. The van der Waals surface area contributed by atoms with E-state index in [1.54, 1.807) is 11.2 Å². The Labute approximate surface area is 125 Å². The van der Waals surface area contributed by atoms with Crippen LogP contribution in [0.4, 0.5) is 4.79 Å². The van der Waals surface area contributed by atoms with Gasteiger partial charge in [-0.25, -0.2) is 4.79 Å². The van der Waals surface area contributed by atoms with Crippen LogP contribution in [0.1, 0.15) is 26.5 Å². The van der Waals surface area contributed by atoms with Crippen LogP contribution in [-0.2, 0) is 11.2 Å². The van der Waals surface area contributed by atoms with E-state index in [1.807, 2.05) is 32.9 Å². The second-order valence-corrected chi connectivity index (χ2v) is 5.99. The fourth-order valence-electron chi connectivity index (χ4n) is 1.99. The number of hydrogen-bond donors (Lipinski definition) is 1. The molecule has 2 rings (SSSR count). The van der Waals surface area contributed by atoms with Gasteiger partial charge in [-0.15, -0.1) is 0 Å². The number of carbonyl (C=O) groups is 1. The maximum Gasteiger partial charge on any atom is 0.410 e. The van der Waals surface area contributed by atoms with Crippen molar-refractivity contribution in [2.45, 2.75) is 32.8 Å². The van der Waals surface area contributed by atoms with Gasteiger partial charge in [0.15, 0.2) is 0 Å². The Morgan fingerprint density at radius 3 is 3.00 bits per heavy atom. The van der Waals surface area contributed by atoms with Crippen molar-refractivity contribution in [1.29, 1.82) is 0 Å². The third-order valence-corrected chi connectivity index (χ3v) is 2.95. The SMILES string of the molecule is CC(C)(C)OC(=O)N1CCN=C(NCCc2ccco2)C1. The minimum Gasteiger partial charge on any atom is -0.469 e. The molecule has 0 aliphatic carbocycles. The fraction of sp³-hybridized carbons (Fsp3) is 0.600. The molecular formula is C15H23N3O3. The Morgan fingerprint density at radius 2 is 2.33 bits per heavy atom. The Balaban J connectivity index is 1.77. The first kappa shape index (κ1) is 15.4. The Hall–Kier alpha value is -1.98. The quantitative estimate of drug-likeness (QED) is 0.926. The highest BCUT2D eigenvalue weighted by atomic mass is 16.6. The maximum absolute atomic E-state index is 12.0. The molecule has 1 amide bonds. The summed E-state index contributed by atoms with van der Waals surface area (Å²) in [6, 6.07) is 3.81. The maximum atomic E-state index is 12.0. The average molecular weight is 293 g/mol. The van der Waals surface area contributed by atoms with Crippen LogP contribution in [-0.4, -0.2) is 48.6 Å². The van der Waals surface area contributed by atoms with Gasteiger partial charge in [-0.2, -0.15) is 0 Å². The molecule has 0 saturated heterocycles. The zero-order valence-electron chi connectivity index (χ0n) is 12.9. The normalized spacial score (nSPS) is 15.6. The molecule has 1 aromatic rings. The van der Waals surface area contributed by atoms with Crippen LogP contribution in [0.2, 0.25) is 0 Å². The van der Waals surface area contributed by atoms with Crippen LogP contribution < -0.4 is 5.32 Å². The van der Waals surface area contributed by atoms with Crippen molar-refractivity contribution in [1.82, 2.24) is 10.2 Å². The summed E-state index contributed by atoms with van der Waals surface area (Å²) in [5.41, 5.74) is -0.474. The van der Waals surface area contributed by atoms with Gasteiger partial charge < -0.3 is 14.5 Å². The molecule has 0 unspecified atom stereocenters. The molecule has 116 valence electrons. The molecule has 0 bridgehead atoms. The standard InChI is InChI=1S/C15H23N3O3/c1-15(2,3)21-14(19)18-9-8-17-13(11-18)16-7-6-12-5-4-10-20-12/h4-5,10H,6-9,11H2,1-3H3,(H,16,17). The van der Waals surface area contributed by atoms with Gasteiger partial charge in [0.25, 0.3) is 0 Å². The molecule has 6 heteroatoms.